The van der Waals surface area contributed by atoms with Gasteiger partial charge in [-0.05, 0) is 74.2 Å². The first-order chi connectivity index (χ1) is 55.0. The van der Waals surface area contributed by atoms with E-state index in [1.165, 1.54) is 183 Å². The predicted molar refractivity (Wildman–Crippen MR) is 454 cm³/mol. The molecule has 0 spiro atoms. The van der Waals surface area contributed by atoms with Crippen LogP contribution < -0.4 is 59.2 Å². The van der Waals surface area contributed by atoms with Gasteiger partial charge in [-0.3, -0.25) is 19.2 Å². The maximum Gasteiger partial charge on any atom is 0.274 e. The SMILES string of the molecule is CCCCCCCCCCCCOc1cc2nc3c(OC)c(ccc13)NC(=O)c1cc(OCCCCCCCCCCCC)c3ccc(c(OC)c3n1)NC(=O)c1cc(OCCCCCCCCCCCC)c3ccc(c(OC)c3n1)NC(=O)c1cc(OCCCCCCCCCCCC)c3ccc(c(OC)c3n1)NC2=O. The normalized spacial score (nSPS) is 12.4. The summed E-state index contributed by atoms with van der Waals surface area (Å²) in [5, 5.41) is 14.4. The van der Waals surface area contributed by atoms with Crippen molar-refractivity contribution in [2.45, 2.75) is 285 Å². The third-order valence-electron chi connectivity index (χ3n) is 21.3. The van der Waals surface area contributed by atoms with E-state index in [2.05, 4.69) is 49.0 Å². The molecule has 4 aromatic heterocycles. The van der Waals surface area contributed by atoms with Gasteiger partial charge in [0.1, 0.15) is 67.8 Å². The van der Waals surface area contributed by atoms with Crippen LogP contribution in [-0.4, -0.2) is 98.4 Å². The Labute approximate surface area is 665 Å². The first-order valence-electron chi connectivity index (χ1n) is 42.8. The average Bonchev–Trinajstić information content (AvgIpc) is 0.772. The van der Waals surface area contributed by atoms with Gasteiger partial charge < -0.3 is 59.2 Å². The lowest BCUT2D eigenvalue weighted by Crippen LogP contribution is -2.18. The second-order valence-electron chi connectivity index (χ2n) is 30.1. The van der Waals surface area contributed by atoms with Gasteiger partial charge in [-0.25, -0.2) is 19.9 Å². The molecule has 4 aromatic carbocycles. The highest BCUT2D eigenvalue weighted by Crippen LogP contribution is 2.44. The molecule has 9 rings (SSSR count). The fourth-order valence-corrected chi connectivity index (χ4v) is 14.9. The van der Waals surface area contributed by atoms with Crippen molar-refractivity contribution in [2.24, 2.45) is 0 Å². The number of rotatable bonds is 52. The number of benzene rings is 4. The molecule has 0 unspecified atom stereocenters. The summed E-state index contributed by atoms with van der Waals surface area (Å²) >= 11 is 0. The van der Waals surface area contributed by atoms with Gasteiger partial charge in [-0.1, -0.05) is 259 Å². The van der Waals surface area contributed by atoms with Crippen molar-refractivity contribution in [3.63, 3.8) is 0 Å². The maximum absolute atomic E-state index is 15.2. The first kappa shape index (κ1) is 86.8. The lowest BCUT2D eigenvalue weighted by atomic mass is 10.1. The highest BCUT2D eigenvalue weighted by atomic mass is 16.5. The number of carbonyl (C=O) groups excluding carboxylic acids is 4. The Balaban J connectivity index is 1.13. The highest BCUT2D eigenvalue weighted by molar-refractivity contribution is 6.14. The molecule has 0 saturated heterocycles. The van der Waals surface area contributed by atoms with Gasteiger partial charge in [0.2, 0.25) is 0 Å². The van der Waals surface area contributed by atoms with Crippen LogP contribution in [0.4, 0.5) is 22.7 Å². The maximum atomic E-state index is 15.2. The van der Waals surface area contributed by atoms with Crippen LogP contribution in [0.25, 0.3) is 43.6 Å². The summed E-state index contributed by atoms with van der Waals surface area (Å²) in [5.74, 6) is -0.321. The van der Waals surface area contributed by atoms with Crippen molar-refractivity contribution in [3.05, 3.63) is 95.6 Å². The van der Waals surface area contributed by atoms with E-state index in [0.717, 1.165) is 103 Å². The molecule has 112 heavy (non-hydrogen) atoms. The summed E-state index contributed by atoms with van der Waals surface area (Å²) in [6.45, 7) is 10.4. The fourth-order valence-electron chi connectivity index (χ4n) is 14.9. The molecular formula is C92H128N8O12. The molecule has 0 atom stereocenters. The van der Waals surface area contributed by atoms with E-state index in [4.69, 9.17) is 57.8 Å². The van der Waals surface area contributed by atoms with E-state index in [1.807, 2.05) is 0 Å². The Morgan fingerprint density at radius 2 is 0.411 bits per heavy atom. The molecule has 0 radical (unpaired) electrons. The zero-order valence-electron chi connectivity index (χ0n) is 68.7. The van der Waals surface area contributed by atoms with Gasteiger partial charge >= 0.3 is 0 Å². The lowest BCUT2D eigenvalue weighted by molar-refractivity contribution is 0.101. The summed E-state index contributed by atoms with van der Waals surface area (Å²) in [4.78, 5) is 80.7. The number of hydrogen-bond donors (Lipinski definition) is 4. The molecule has 8 aromatic rings. The standard InChI is InChI=1S/C92H128N8O12/c1-9-13-17-21-25-29-33-37-41-45-57-109-77-61-73-89(101)97-70-54-50-66-79(111-59-47-43-39-35-31-27-23-19-15-11-3)63-75(95-82(66)86(70)106-6)91(103)99-72-56-52-68-80(112-60-48-44-40-36-32-28-24-20-16-12-4)64-76(96-84(68)88(72)108-8)92(104)100-71-55-51-67-78(110-58-46-42-38-34-30-26-22-18-14-10-2)62-74(94-83(67)87(71)107-7)90(102)98-69-53-49-65(77)81(93-73)85(69)105-5/h49-56,61-64H,9-48,57-60H2,1-8H3,(H,97,101)(H,98,102)(H,99,103)(H,100,104). The number of anilines is 4. The summed E-state index contributed by atoms with van der Waals surface area (Å²) in [7, 11) is 5.91. The molecule has 12 bridgehead atoms. The van der Waals surface area contributed by atoms with Crippen LogP contribution in [0.2, 0.25) is 0 Å². The molecule has 4 N–H and O–H groups in total. The zero-order chi connectivity index (χ0) is 79.1. The van der Waals surface area contributed by atoms with Crippen molar-refractivity contribution in [1.29, 1.82) is 0 Å². The van der Waals surface area contributed by atoms with Gasteiger partial charge in [0.15, 0.2) is 23.0 Å². The number of hydrogen-bond acceptors (Lipinski definition) is 16. The van der Waals surface area contributed by atoms with Gasteiger partial charge in [0.25, 0.3) is 23.6 Å². The van der Waals surface area contributed by atoms with Crippen LogP contribution in [-0.2, 0) is 0 Å². The van der Waals surface area contributed by atoms with Crippen LogP contribution in [0.1, 0.15) is 326 Å². The fraction of sp³-hybridized carbons (Fsp3) is 0.565. The van der Waals surface area contributed by atoms with Crippen LogP contribution >= 0.6 is 0 Å². The van der Waals surface area contributed by atoms with Crippen LogP contribution in [0.5, 0.6) is 46.0 Å². The summed E-state index contributed by atoms with van der Waals surface area (Å²) in [6, 6.07) is 20.5. The van der Waals surface area contributed by atoms with Crippen LogP contribution in [0, 0.1) is 0 Å². The van der Waals surface area contributed by atoms with E-state index in [9.17, 15) is 0 Å². The molecule has 20 heteroatoms. The van der Waals surface area contributed by atoms with E-state index in [-0.39, 0.29) is 90.6 Å². The number of nitrogens with one attached hydrogen (secondary N) is 4. The molecule has 1 aliphatic heterocycles. The molecule has 1 aliphatic rings. The number of pyridine rings is 4. The minimum Gasteiger partial charge on any atom is -0.493 e. The molecule has 0 fully saturated rings. The van der Waals surface area contributed by atoms with Crippen molar-refractivity contribution in [3.8, 4) is 46.0 Å². The van der Waals surface area contributed by atoms with Gasteiger partial charge in [-0.2, -0.15) is 0 Å². The predicted octanol–water partition coefficient (Wildman–Crippen LogP) is 24.4. The molecule has 608 valence electrons. The molecule has 20 nitrogen and oxygen atoms in total. The second kappa shape index (κ2) is 48.0. The topological polar surface area (TPSA) is 242 Å². The third kappa shape index (κ3) is 25.4. The van der Waals surface area contributed by atoms with Crippen molar-refractivity contribution in [1.82, 2.24) is 19.9 Å². The number of carbonyl (C=O) groups is 4. The van der Waals surface area contributed by atoms with E-state index in [1.54, 1.807) is 72.8 Å². The first-order valence-corrected chi connectivity index (χ1v) is 42.8. The van der Waals surface area contributed by atoms with Crippen molar-refractivity contribution in [2.75, 3.05) is 76.1 Å². The molecule has 5 heterocycles. The van der Waals surface area contributed by atoms with E-state index in [0.29, 0.717) is 71.0 Å². The summed E-state index contributed by atoms with van der Waals surface area (Å²) in [5.41, 5.74) is 1.76. The number of nitrogens with zero attached hydrogens (tertiary/aromatic N) is 4. The lowest BCUT2D eigenvalue weighted by Gasteiger charge is -2.19. The highest BCUT2D eigenvalue weighted by Gasteiger charge is 2.28. The van der Waals surface area contributed by atoms with Crippen molar-refractivity contribution < 1.29 is 57.1 Å². The Morgan fingerprint density at radius 1 is 0.241 bits per heavy atom. The van der Waals surface area contributed by atoms with Crippen molar-refractivity contribution >= 4 is 90.0 Å². The van der Waals surface area contributed by atoms with Crippen LogP contribution in [0.15, 0.2) is 72.8 Å². The minimum atomic E-state index is -0.623. The Hall–Kier alpha value is -9.20. The van der Waals surface area contributed by atoms with Gasteiger partial charge in [-0.15, -0.1) is 0 Å². The van der Waals surface area contributed by atoms with Gasteiger partial charge in [0.05, 0.1) is 77.6 Å². The molecular weight excluding hydrogens is 1410 g/mol. The van der Waals surface area contributed by atoms with E-state index >= 15 is 19.2 Å². The minimum absolute atomic E-state index is 0.0293. The van der Waals surface area contributed by atoms with Crippen LogP contribution in [0.3, 0.4) is 0 Å². The molecule has 4 amide bonds. The summed E-state index contributed by atoms with van der Waals surface area (Å²) in [6.07, 6.45) is 46.0. The Morgan fingerprint density at radius 3 is 0.580 bits per heavy atom. The zero-order valence-corrected chi connectivity index (χ0v) is 68.7. The van der Waals surface area contributed by atoms with Gasteiger partial charge in [0, 0.05) is 45.8 Å². The number of fused-ring (bicyclic) bond motifs is 8. The number of aromatic nitrogens is 4. The number of ether oxygens (including phenoxy) is 8. The Kier molecular flexibility index (Phi) is 37.2. The van der Waals surface area contributed by atoms with E-state index < -0.39 is 23.6 Å². The average molecular weight is 1540 g/mol. The number of methoxy groups -OCH3 is 4. The summed E-state index contributed by atoms with van der Waals surface area (Å²) < 4.78 is 51.3. The number of amides is 4. The molecule has 0 aliphatic carbocycles. The smallest absolute Gasteiger partial charge is 0.274 e. The second-order valence-corrected chi connectivity index (χ2v) is 30.1. The Bertz CT molecular complexity index is 3760. The quantitative estimate of drug-likeness (QED) is 0.0259. The number of unbranched alkanes of at least 4 members (excludes halogenated alkanes) is 36. The monoisotopic (exact) mass is 1540 g/mol. The third-order valence-corrected chi connectivity index (χ3v) is 21.3. The largest absolute Gasteiger partial charge is 0.493 e. The molecule has 0 saturated carbocycles.